The Kier molecular flexibility index (Phi) is 13.4. The third kappa shape index (κ3) is 10.7. The summed E-state index contributed by atoms with van der Waals surface area (Å²) in [6, 6.07) is 5.09. The third-order valence-corrected chi connectivity index (χ3v) is 6.09. The molecule has 1 aromatic carbocycles. The van der Waals surface area contributed by atoms with Crippen molar-refractivity contribution in [2.75, 3.05) is 29.9 Å². The largest absolute Gasteiger partial charge is 0.405 e. The van der Waals surface area contributed by atoms with E-state index in [1.165, 1.54) is 6.42 Å². The number of halogens is 6. The summed E-state index contributed by atoms with van der Waals surface area (Å²) in [4.78, 5) is 40.2. The van der Waals surface area contributed by atoms with Crippen LogP contribution in [0.15, 0.2) is 43.0 Å². The van der Waals surface area contributed by atoms with Crippen LogP contribution in [0.1, 0.15) is 44.9 Å². The predicted octanol–water partition coefficient (Wildman–Crippen LogP) is 6.82. The molecule has 2 amide bonds. The van der Waals surface area contributed by atoms with Crippen molar-refractivity contribution in [2.45, 2.75) is 59.8 Å². The van der Waals surface area contributed by atoms with E-state index < -0.39 is 37.8 Å². The highest BCUT2D eigenvalue weighted by molar-refractivity contribution is 5.94. The fourth-order valence-electron chi connectivity index (χ4n) is 3.96. The van der Waals surface area contributed by atoms with Crippen LogP contribution in [-0.4, -0.2) is 70.0 Å². The van der Waals surface area contributed by atoms with Crippen molar-refractivity contribution in [1.82, 2.24) is 30.5 Å². The molecule has 0 saturated heterocycles. The molecule has 2 N–H and O–H groups in total. The van der Waals surface area contributed by atoms with Crippen LogP contribution in [-0.2, 0) is 9.59 Å². The van der Waals surface area contributed by atoms with Crippen LogP contribution in [0, 0.1) is 13.8 Å². The van der Waals surface area contributed by atoms with Crippen molar-refractivity contribution in [3.63, 3.8) is 0 Å². The quantitative estimate of drug-likeness (QED) is 0.158. The Balaban J connectivity index is 0.000000723. The van der Waals surface area contributed by atoms with Gasteiger partial charge in [0.05, 0.1) is 46.9 Å². The maximum absolute atomic E-state index is 12.5. The minimum atomic E-state index is -4.56. The summed E-state index contributed by atoms with van der Waals surface area (Å²) in [6.07, 6.45) is -0.990. The molecule has 3 heterocycles. The van der Waals surface area contributed by atoms with E-state index in [0.717, 1.165) is 33.9 Å². The molecule has 0 spiro atoms. The van der Waals surface area contributed by atoms with Crippen LogP contribution in [0.2, 0.25) is 0 Å². The summed E-state index contributed by atoms with van der Waals surface area (Å²) in [6.45, 7) is 6.87. The number of anilines is 3. The maximum Gasteiger partial charge on any atom is 0.405 e. The topological polar surface area (TPSA) is 120 Å². The van der Waals surface area contributed by atoms with Gasteiger partial charge in [0.2, 0.25) is 12.3 Å². The highest BCUT2D eigenvalue weighted by Crippen LogP contribution is 2.36. The normalized spacial score (nSPS) is 11.1. The number of carbonyl (C=O) groups is 2. The number of carbonyl (C=O) groups excluding carboxylic acids is 2. The Morgan fingerprint density at radius 1 is 1.00 bits per heavy atom. The summed E-state index contributed by atoms with van der Waals surface area (Å²) in [5.41, 5.74) is 4.38. The first kappa shape index (κ1) is 37.4. The summed E-state index contributed by atoms with van der Waals surface area (Å²) < 4.78 is 69.8. The number of alkyl halides is 6. The van der Waals surface area contributed by atoms with Crippen LogP contribution >= 0.6 is 0 Å². The van der Waals surface area contributed by atoms with Gasteiger partial charge in [0.25, 0.3) is 0 Å². The molecule has 3 aromatic heterocycles. The van der Waals surface area contributed by atoms with E-state index in [-0.39, 0.29) is 0 Å². The minimum Gasteiger partial charge on any atom is -0.345 e. The van der Waals surface area contributed by atoms with Crippen molar-refractivity contribution in [3.05, 3.63) is 54.2 Å². The molecule has 0 atom stereocenters. The molecule has 0 saturated carbocycles. The molecule has 0 aliphatic carbocycles. The number of hydrogen-bond donors (Lipinski definition) is 2. The zero-order valence-corrected chi connectivity index (χ0v) is 26.2. The SMILES string of the molecule is CCC.CCC(F)(F)F.Cc1cccc(N(C=O)CC(=O)NCC(F)(F)F)c1N(C)c1cnc(-c2cncc3[nH]ncc23)c(C)n1. The van der Waals surface area contributed by atoms with Crippen molar-refractivity contribution in [3.8, 4) is 11.3 Å². The number of aromatic nitrogens is 5. The number of hydrogen-bond acceptors (Lipinski definition) is 7. The van der Waals surface area contributed by atoms with Crippen molar-refractivity contribution in [1.29, 1.82) is 0 Å². The Morgan fingerprint density at radius 3 is 2.22 bits per heavy atom. The zero-order valence-electron chi connectivity index (χ0n) is 26.2. The molecule has 4 aromatic rings. The van der Waals surface area contributed by atoms with E-state index in [9.17, 15) is 35.9 Å². The van der Waals surface area contributed by atoms with Gasteiger partial charge in [-0.3, -0.25) is 24.7 Å². The molecular weight excluding hydrogens is 618 g/mol. The number of nitrogens with zero attached hydrogens (tertiary/aromatic N) is 6. The number of pyridine rings is 1. The molecule has 0 aliphatic heterocycles. The number of H-pyrrole nitrogens is 1. The first-order valence-corrected chi connectivity index (χ1v) is 14.1. The van der Waals surface area contributed by atoms with Crippen LogP contribution in [0.5, 0.6) is 0 Å². The van der Waals surface area contributed by atoms with Crippen LogP contribution in [0.4, 0.5) is 43.5 Å². The lowest BCUT2D eigenvalue weighted by molar-refractivity contribution is -0.137. The van der Waals surface area contributed by atoms with Gasteiger partial charge in [-0.25, -0.2) is 4.98 Å². The smallest absolute Gasteiger partial charge is 0.345 e. The molecule has 10 nitrogen and oxygen atoms in total. The zero-order chi connectivity index (χ0) is 34.7. The highest BCUT2D eigenvalue weighted by atomic mass is 19.4. The van der Waals surface area contributed by atoms with E-state index in [1.54, 1.807) is 61.1 Å². The second-order valence-electron chi connectivity index (χ2n) is 9.98. The molecule has 4 rings (SSSR count). The highest BCUT2D eigenvalue weighted by Gasteiger charge is 2.28. The second-order valence-corrected chi connectivity index (χ2v) is 9.98. The lowest BCUT2D eigenvalue weighted by atomic mass is 10.1. The summed E-state index contributed by atoms with van der Waals surface area (Å²) in [5.74, 6) is -0.488. The Labute approximate surface area is 262 Å². The number of fused-ring (bicyclic) bond motifs is 1. The summed E-state index contributed by atoms with van der Waals surface area (Å²) in [5, 5.41) is 9.55. The molecule has 0 aliphatic rings. The van der Waals surface area contributed by atoms with Gasteiger partial charge < -0.3 is 15.1 Å². The molecule has 0 bridgehead atoms. The van der Waals surface area contributed by atoms with Crippen LogP contribution in [0.3, 0.4) is 0 Å². The second kappa shape index (κ2) is 16.5. The number of para-hydroxylation sites is 1. The molecule has 0 fully saturated rings. The minimum absolute atomic E-state index is 0.329. The number of aryl methyl sites for hydroxylation is 2. The van der Waals surface area contributed by atoms with Gasteiger partial charge in [-0.2, -0.15) is 31.4 Å². The van der Waals surface area contributed by atoms with Crippen molar-refractivity contribution >= 4 is 40.4 Å². The summed E-state index contributed by atoms with van der Waals surface area (Å²) >= 11 is 0. The number of benzene rings is 1. The Morgan fingerprint density at radius 2 is 1.65 bits per heavy atom. The van der Waals surface area contributed by atoms with Gasteiger partial charge in [0.15, 0.2) is 5.82 Å². The molecule has 250 valence electrons. The van der Waals surface area contributed by atoms with E-state index in [0.29, 0.717) is 35.0 Å². The molecular formula is C30H36F6N8O2. The Hall–Kier alpha value is -4.76. The lowest BCUT2D eigenvalue weighted by Crippen LogP contribution is -2.41. The van der Waals surface area contributed by atoms with Crippen LogP contribution in [0.25, 0.3) is 22.2 Å². The molecule has 0 unspecified atom stereocenters. The first-order chi connectivity index (χ1) is 21.6. The van der Waals surface area contributed by atoms with E-state index >= 15 is 0 Å². The fraction of sp³-hybridized carbons (Fsp3) is 0.400. The van der Waals surface area contributed by atoms with Gasteiger partial charge in [-0.1, -0.05) is 39.3 Å². The molecule has 16 heteroatoms. The van der Waals surface area contributed by atoms with Crippen molar-refractivity contribution in [2.24, 2.45) is 0 Å². The maximum atomic E-state index is 12.5. The summed E-state index contributed by atoms with van der Waals surface area (Å²) in [7, 11) is 1.72. The van der Waals surface area contributed by atoms with Crippen LogP contribution < -0.4 is 15.1 Å². The van der Waals surface area contributed by atoms with Gasteiger partial charge in [0, 0.05) is 30.6 Å². The number of aromatic amines is 1. The predicted molar refractivity (Wildman–Crippen MR) is 164 cm³/mol. The third-order valence-electron chi connectivity index (χ3n) is 6.09. The number of rotatable bonds is 8. The van der Waals surface area contributed by atoms with Gasteiger partial charge >= 0.3 is 12.4 Å². The fourth-order valence-corrected chi connectivity index (χ4v) is 3.96. The standard InChI is InChI=1S/C24H23F3N8O2.C3H5F3.C3H8/c1-14-5-4-6-19(35(13-36)11-21(37)30-12-24(25,26)27)23(14)34(3)20-10-29-22(15(2)32-20)17-7-28-9-18-16(17)8-31-33-18;1-2-3(4,5)6;1-3-2/h4-10,13H,11-12H2,1-3H3,(H,30,37)(H,31,33);2H2,1H3;3H2,1-2H3. The van der Waals surface area contributed by atoms with Gasteiger partial charge in [-0.15, -0.1) is 0 Å². The average molecular weight is 655 g/mol. The molecule has 46 heavy (non-hydrogen) atoms. The molecule has 0 radical (unpaired) electrons. The van der Waals surface area contributed by atoms with E-state index in [1.807, 2.05) is 13.0 Å². The number of nitrogens with one attached hydrogen (secondary N) is 2. The number of amides is 2. The average Bonchev–Trinajstić information content (AvgIpc) is 3.48. The first-order valence-electron chi connectivity index (χ1n) is 14.1. The lowest BCUT2D eigenvalue weighted by Gasteiger charge is -2.28. The Bertz CT molecular complexity index is 1590. The van der Waals surface area contributed by atoms with Gasteiger partial charge in [-0.05, 0) is 25.5 Å². The monoisotopic (exact) mass is 654 g/mol. The van der Waals surface area contributed by atoms with Gasteiger partial charge in [0.1, 0.15) is 13.1 Å². The van der Waals surface area contributed by atoms with E-state index in [4.69, 9.17) is 4.98 Å². The van der Waals surface area contributed by atoms with E-state index in [2.05, 4.69) is 34.0 Å². The van der Waals surface area contributed by atoms with Crippen molar-refractivity contribution < 1.29 is 35.9 Å².